The minimum atomic E-state index is -0.904. The second-order valence-corrected chi connectivity index (χ2v) is 5.60. The second kappa shape index (κ2) is 6.26. The van der Waals surface area contributed by atoms with Crippen molar-refractivity contribution >= 4 is 11.7 Å². The first-order valence-electron chi connectivity index (χ1n) is 7.68. The van der Waals surface area contributed by atoms with Gasteiger partial charge >= 0.3 is 0 Å². The summed E-state index contributed by atoms with van der Waals surface area (Å²) in [5.41, 5.74) is -0.904. The summed E-state index contributed by atoms with van der Waals surface area (Å²) in [6.07, 6.45) is 5.86. The molecule has 7 heteroatoms. The average molecular weight is 313 g/mol. The number of likely N-dealkylation sites (tertiary alicyclic amines) is 1. The molecule has 0 saturated carbocycles. The third-order valence-electron chi connectivity index (χ3n) is 4.31. The topological polar surface area (TPSA) is 93.7 Å². The summed E-state index contributed by atoms with van der Waals surface area (Å²) in [7, 11) is 0. The number of nitrogens with zero attached hydrogens (tertiary/aromatic N) is 3. The third-order valence-corrected chi connectivity index (χ3v) is 4.31. The Labute approximate surface area is 134 Å². The van der Waals surface area contributed by atoms with E-state index >= 15 is 0 Å². The molecule has 2 N–H and O–H groups in total. The Balaban J connectivity index is 1.69. The van der Waals surface area contributed by atoms with E-state index in [9.17, 15) is 10.1 Å². The number of rotatable bonds is 4. The predicted octanol–water partition coefficient (Wildman–Crippen LogP) is 1.32. The number of amidine groups is 1. The molecule has 0 aromatic carbocycles. The molecule has 1 aromatic heterocycles. The van der Waals surface area contributed by atoms with Gasteiger partial charge in [0, 0.05) is 12.7 Å². The van der Waals surface area contributed by atoms with Crippen molar-refractivity contribution in [1.29, 1.82) is 5.26 Å². The van der Waals surface area contributed by atoms with Crippen LogP contribution in [0.4, 0.5) is 0 Å². The SMILES string of the molecule is CCC1(C#N)CCN(C2=NC(NCc3ccco3)NC=C2)C1=O. The lowest BCUT2D eigenvalue weighted by atomic mass is 9.85. The van der Waals surface area contributed by atoms with Crippen LogP contribution in [-0.4, -0.2) is 29.5 Å². The summed E-state index contributed by atoms with van der Waals surface area (Å²) < 4.78 is 5.27. The van der Waals surface area contributed by atoms with E-state index in [1.807, 2.05) is 19.1 Å². The highest BCUT2D eigenvalue weighted by atomic mass is 16.3. The number of hydrogen-bond acceptors (Lipinski definition) is 6. The zero-order valence-electron chi connectivity index (χ0n) is 13.0. The highest BCUT2D eigenvalue weighted by Gasteiger charge is 2.47. The molecule has 0 bridgehead atoms. The molecule has 2 aliphatic rings. The van der Waals surface area contributed by atoms with Gasteiger partial charge in [0.15, 0.2) is 6.29 Å². The number of nitrogens with one attached hydrogen (secondary N) is 2. The van der Waals surface area contributed by atoms with Gasteiger partial charge in [0.05, 0.1) is 18.9 Å². The second-order valence-electron chi connectivity index (χ2n) is 5.60. The van der Waals surface area contributed by atoms with Crippen molar-refractivity contribution in [3.05, 3.63) is 36.4 Å². The van der Waals surface area contributed by atoms with Gasteiger partial charge in [0.2, 0.25) is 5.91 Å². The molecule has 2 atom stereocenters. The van der Waals surface area contributed by atoms with Crippen molar-refractivity contribution in [2.75, 3.05) is 6.54 Å². The van der Waals surface area contributed by atoms with E-state index in [4.69, 9.17) is 4.42 Å². The highest BCUT2D eigenvalue weighted by molar-refractivity contribution is 6.08. The van der Waals surface area contributed by atoms with E-state index < -0.39 is 5.41 Å². The number of carbonyl (C=O) groups is 1. The Kier molecular flexibility index (Phi) is 4.17. The number of carbonyl (C=O) groups excluding carboxylic acids is 1. The lowest BCUT2D eigenvalue weighted by Gasteiger charge is -2.25. The molecule has 0 spiro atoms. The van der Waals surface area contributed by atoms with Crippen LogP contribution in [0.2, 0.25) is 0 Å². The summed E-state index contributed by atoms with van der Waals surface area (Å²) in [5.74, 6) is 1.23. The fraction of sp³-hybridized carbons (Fsp3) is 0.438. The summed E-state index contributed by atoms with van der Waals surface area (Å²) >= 11 is 0. The van der Waals surface area contributed by atoms with Crippen LogP contribution in [-0.2, 0) is 11.3 Å². The molecule has 23 heavy (non-hydrogen) atoms. The average Bonchev–Trinajstić information content (AvgIpc) is 3.21. The standard InChI is InChI=1S/C16H19N5O2/c1-2-16(11-17)6-8-21(14(16)22)13-5-7-18-15(20-13)19-10-12-4-3-9-23-12/h3-5,7,9,15,18-19H,2,6,8,10H2,1H3. The van der Waals surface area contributed by atoms with Crippen LogP contribution in [0.25, 0.3) is 0 Å². The minimum Gasteiger partial charge on any atom is -0.468 e. The Morgan fingerprint density at radius 2 is 2.52 bits per heavy atom. The lowest BCUT2D eigenvalue weighted by molar-refractivity contribution is -0.130. The summed E-state index contributed by atoms with van der Waals surface area (Å²) in [5, 5.41) is 15.6. The Bertz CT molecular complexity index is 673. The number of hydrogen-bond donors (Lipinski definition) is 2. The molecule has 0 radical (unpaired) electrons. The summed E-state index contributed by atoms with van der Waals surface area (Å²) in [6.45, 7) is 2.92. The van der Waals surface area contributed by atoms with Gasteiger partial charge in [0.25, 0.3) is 0 Å². The van der Waals surface area contributed by atoms with Gasteiger partial charge in [-0.2, -0.15) is 5.26 Å². The van der Waals surface area contributed by atoms with Crippen LogP contribution in [0, 0.1) is 16.7 Å². The number of aliphatic imine (C=N–C) groups is 1. The number of furan rings is 1. The first-order valence-corrected chi connectivity index (χ1v) is 7.68. The molecular formula is C16H19N5O2. The first kappa shape index (κ1) is 15.3. The van der Waals surface area contributed by atoms with Crippen molar-refractivity contribution in [2.45, 2.75) is 32.6 Å². The Morgan fingerprint density at radius 1 is 1.65 bits per heavy atom. The van der Waals surface area contributed by atoms with E-state index in [0.717, 1.165) is 5.76 Å². The monoisotopic (exact) mass is 313 g/mol. The fourth-order valence-electron chi connectivity index (χ4n) is 2.80. The summed E-state index contributed by atoms with van der Waals surface area (Å²) in [6, 6.07) is 5.89. The molecular weight excluding hydrogens is 294 g/mol. The molecule has 2 aliphatic heterocycles. The molecule has 0 aliphatic carbocycles. The number of amides is 1. The predicted molar refractivity (Wildman–Crippen MR) is 83.7 cm³/mol. The van der Waals surface area contributed by atoms with E-state index in [0.29, 0.717) is 31.8 Å². The zero-order valence-corrected chi connectivity index (χ0v) is 13.0. The van der Waals surface area contributed by atoms with E-state index in [2.05, 4.69) is 21.7 Å². The van der Waals surface area contributed by atoms with Crippen LogP contribution in [0.5, 0.6) is 0 Å². The van der Waals surface area contributed by atoms with Gasteiger partial charge in [-0.3, -0.25) is 15.0 Å². The van der Waals surface area contributed by atoms with Crippen molar-refractivity contribution in [2.24, 2.45) is 10.4 Å². The largest absolute Gasteiger partial charge is 0.468 e. The maximum Gasteiger partial charge on any atom is 0.248 e. The Hall–Kier alpha value is -2.59. The molecule has 3 heterocycles. The minimum absolute atomic E-state index is 0.155. The van der Waals surface area contributed by atoms with Gasteiger partial charge < -0.3 is 9.73 Å². The number of nitriles is 1. The van der Waals surface area contributed by atoms with E-state index in [1.54, 1.807) is 23.4 Å². The quantitative estimate of drug-likeness (QED) is 0.874. The zero-order chi connectivity index (χ0) is 16.3. The Morgan fingerprint density at radius 3 is 3.17 bits per heavy atom. The lowest BCUT2D eigenvalue weighted by Crippen LogP contribution is -2.44. The normalized spacial score (nSPS) is 26.8. The first-order chi connectivity index (χ1) is 11.2. The van der Waals surface area contributed by atoms with Crippen LogP contribution >= 0.6 is 0 Å². The fourth-order valence-corrected chi connectivity index (χ4v) is 2.80. The van der Waals surface area contributed by atoms with Crippen LogP contribution in [0.15, 0.2) is 40.1 Å². The molecule has 1 saturated heterocycles. The van der Waals surface area contributed by atoms with Gasteiger partial charge in [-0.1, -0.05) is 6.92 Å². The molecule has 1 amide bonds. The molecule has 2 unspecified atom stereocenters. The van der Waals surface area contributed by atoms with Gasteiger partial charge in [-0.15, -0.1) is 0 Å². The van der Waals surface area contributed by atoms with Crippen molar-refractivity contribution in [3.8, 4) is 6.07 Å². The van der Waals surface area contributed by atoms with Gasteiger partial charge in [0.1, 0.15) is 17.0 Å². The van der Waals surface area contributed by atoms with Crippen LogP contribution in [0.1, 0.15) is 25.5 Å². The molecule has 1 fully saturated rings. The van der Waals surface area contributed by atoms with Crippen LogP contribution in [0.3, 0.4) is 0 Å². The smallest absolute Gasteiger partial charge is 0.248 e. The van der Waals surface area contributed by atoms with Gasteiger partial charge in [-0.25, -0.2) is 4.99 Å². The van der Waals surface area contributed by atoms with Crippen molar-refractivity contribution in [1.82, 2.24) is 15.5 Å². The maximum atomic E-state index is 12.6. The molecule has 7 nitrogen and oxygen atoms in total. The van der Waals surface area contributed by atoms with Crippen molar-refractivity contribution < 1.29 is 9.21 Å². The highest BCUT2D eigenvalue weighted by Crippen LogP contribution is 2.35. The third kappa shape index (κ3) is 2.85. The van der Waals surface area contributed by atoms with Crippen LogP contribution < -0.4 is 10.6 Å². The summed E-state index contributed by atoms with van der Waals surface area (Å²) in [4.78, 5) is 18.7. The van der Waals surface area contributed by atoms with E-state index in [1.165, 1.54) is 0 Å². The maximum absolute atomic E-state index is 12.6. The molecule has 1 aromatic rings. The van der Waals surface area contributed by atoms with E-state index in [-0.39, 0.29) is 12.2 Å². The van der Waals surface area contributed by atoms with Crippen molar-refractivity contribution in [3.63, 3.8) is 0 Å². The van der Waals surface area contributed by atoms with Gasteiger partial charge in [-0.05, 0) is 31.1 Å². The molecule has 120 valence electrons. The molecule has 3 rings (SSSR count).